The van der Waals surface area contributed by atoms with Crippen LogP contribution in [0.5, 0.6) is 0 Å². The molecule has 1 fully saturated rings. The quantitative estimate of drug-likeness (QED) is 0.590. The molecule has 32 heavy (non-hydrogen) atoms. The third kappa shape index (κ3) is 4.47. The van der Waals surface area contributed by atoms with Gasteiger partial charge in [0.25, 0.3) is 0 Å². The van der Waals surface area contributed by atoms with Gasteiger partial charge in [-0.15, -0.1) is 0 Å². The maximum absolute atomic E-state index is 16.0. The Balaban J connectivity index is 2.04. The van der Waals surface area contributed by atoms with Crippen LogP contribution in [0.1, 0.15) is 40.3 Å². The highest BCUT2D eigenvalue weighted by molar-refractivity contribution is 5.90. The average molecular weight is 452 g/mol. The van der Waals surface area contributed by atoms with E-state index >= 15 is 4.39 Å². The van der Waals surface area contributed by atoms with Crippen LogP contribution in [0.2, 0.25) is 0 Å². The number of nitrogens with zero attached hydrogens (tertiary/aromatic N) is 4. The lowest BCUT2D eigenvalue weighted by molar-refractivity contribution is -0.159. The molecule has 4 atom stereocenters. The number of fused-ring (bicyclic) bond motifs is 1. The van der Waals surface area contributed by atoms with Gasteiger partial charge >= 0.3 is 11.9 Å². The molecule has 1 saturated heterocycles. The number of hydrogen-bond donors (Lipinski definition) is 2. The highest BCUT2D eigenvalue weighted by Crippen LogP contribution is 2.44. The maximum atomic E-state index is 16.0. The molecule has 3 rings (SSSR count). The smallest absolute Gasteiger partial charge is 0.305 e. The zero-order valence-corrected chi connectivity index (χ0v) is 18.3. The number of anilines is 2. The van der Waals surface area contributed by atoms with E-state index in [4.69, 9.17) is 14.2 Å². The second-order valence-electron chi connectivity index (χ2n) is 7.40. The van der Waals surface area contributed by atoms with Crippen LogP contribution >= 0.6 is 0 Å². The van der Waals surface area contributed by atoms with E-state index in [2.05, 4.69) is 25.6 Å². The van der Waals surface area contributed by atoms with Crippen molar-refractivity contribution in [2.24, 2.45) is 0 Å². The number of rotatable bonds is 7. The first-order chi connectivity index (χ1) is 15.1. The Morgan fingerprint density at radius 1 is 1.31 bits per heavy atom. The first-order valence-electron chi connectivity index (χ1n) is 9.95. The van der Waals surface area contributed by atoms with Crippen molar-refractivity contribution in [1.82, 2.24) is 19.5 Å². The van der Waals surface area contributed by atoms with E-state index in [9.17, 15) is 14.4 Å². The fraction of sp³-hybridized carbons (Fsp3) is 0.579. The molecule has 12 nitrogen and oxygen atoms in total. The van der Waals surface area contributed by atoms with Crippen molar-refractivity contribution in [2.75, 3.05) is 24.3 Å². The summed E-state index contributed by atoms with van der Waals surface area (Å²) in [5, 5.41) is 5.33. The summed E-state index contributed by atoms with van der Waals surface area (Å²) in [4.78, 5) is 47.4. The maximum Gasteiger partial charge on any atom is 0.305 e. The third-order valence-electron chi connectivity index (χ3n) is 4.87. The zero-order valence-electron chi connectivity index (χ0n) is 18.3. The molecule has 0 saturated carbocycles. The van der Waals surface area contributed by atoms with Crippen LogP contribution in [0.4, 0.5) is 16.2 Å². The van der Waals surface area contributed by atoms with Crippen molar-refractivity contribution in [3.8, 4) is 0 Å². The SMILES string of the molecule is CCC(=O)OC[C@H]1O[C@@H](n2cnc3c(NC)nc(NC(C)=O)nc32)[C@](C)(F)[C@@H]1OC(C)=O. The molecule has 13 heteroatoms. The Morgan fingerprint density at radius 2 is 2.03 bits per heavy atom. The summed E-state index contributed by atoms with van der Waals surface area (Å²) in [5.74, 6) is -1.31. The molecule has 1 amide bonds. The van der Waals surface area contributed by atoms with Gasteiger partial charge in [0.1, 0.15) is 12.7 Å². The van der Waals surface area contributed by atoms with Crippen LogP contribution in [-0.4, -0.2) is 68.9 Å². The minimum atomic E-state index is -2.23. The minimum absolute atomic E-state index is 0.0142. The van der Waals surface area contributed by atoms with E-state index in [-0.39, 0.29) is 24.6 Å². The number of imidazole rings is 1. The number of aromatic nitrogens is 4. The molecule has 2 N–H and O–H groups in total. The molecule has 0 aromatic carbocycles. The van der Waals surface area contributed by atoms with Gasteiger partial charge in [0.2, 0.25) is 11.9 Å². The summed E-state index contributed by atoms with van der Waals surface area (Å²) in [6.45, 7) is 4.98. The average Bonchev–Trinajstić information content (AvgIpc) is 3.23. The van der Waals surface area contributed by atoms with Crippen LogP contribution in [-0.2, 0) is 28.6 Å². The summed E-state index contributed by atoms with van der Waals surface area (Å²) in [6, 6.07) is 0. The minimum Gasteiger partial charge on any atom is -0.463 e. The van der Waals surface area contributed by atoms with E-state index in [1.54, 1.807) is 14.0 Å². The summed E-state index contributed by atoms with van der Waals surface area (Å²) >= 11 is 0. The number of halogens is 1. The number of carbonyl (C=O) groups is 3. The molecule has 0 spiro atoms. The summed E-state index contributed by atoms with van der Waals surface area (Å²) in [6.07, 6.45) is -2.30. The second kappa shape index (κ2) is 9.02. The number of carbonyl (C=O) groups excluding carboxylic acids is 3. The lowest BCUT2D eigenvalue weighted by Crippen LogP contribution is -2.44. The number of alkyl halides is 1. The molecule has 3 heterocycles. The van der Waals surface area contributed by atoms with Gasteiger partial charge in [-0.05, 0) is 6.92 Å². The molecule has 0 aliphatic carbocycles. The number of esters is 2. The fourth-order valence-corrected chi connectivity index (χ4v) is 3.46. The lowest BCUT2D eigenvalue weighted by atomic mass is 9.98. The fourth-order valence-electron chi connectivity index (χ4n) is 3.46. The predicted molar refractivity (Wildman–Crippen MR) is 109 cm³/mol. The van der Waals surface area contributed by atoms with Crippen molar-refractivity contribution in [2.45, 2.75) is 58.2 Å². The van der Waals surface area contributed by atoms with Crippen LogP contribution in [0.15, 0.2) is 6.33 Å². The van der Waals surface area contributed by atoms with Crippen LogP contribution < -0.4 is 10.6 Å². The van der Waals surface area contributed by atoms with E-state index in [1.807, 2.05) is 0 Å². The van der Waals surface area contributed by atoms with Gasteiger partial charge < -0.3 is 19.5 Å². The standard InChI is InChI=1S/C19H25FN6O6/c1-6-12(29)30-7-11-14(31-10(3)28)19(4,20)17(32-11)26-8-22-13-15(21-5)24-18(23-9(2)27)25-16(13)26/h8,11,14,17H,6-7H2,1-5H3,(H2,21,23,24,25,27)/t11-,14-,17-,19-/m1/s1. The normalized spacial score (nSPS) is 24.9. The third-order valence-corrected chi connectivity index (χ3v) is 4.87. The molecule has 1 aliphatic heterocycles. The lowest BCUT2D eigenvalue weighted by Gasteiger charge is -2.27. The van der Waals surface area contributed by atoms with Crippen LogP contribution in [0, 0.1) is 0 Å². The first kappa shape index (κ1) is 23.3. The van der Waals surface area contributed by atoms with Gasteiger partial charge in [0, 0.05) is 27.3 Å². The number of amides is 1. The predicted octanol–water partition coefficient (Wildman–Crippen LogP) is 1.34. The largest absolute Gasteiger partial charge is 0.463 e. The zero-order chi connectivity index (χ0) is 23.6. The molecule has 2 aromatic heterocycles. The van der Waals surface area contributed by atoms with E-state index in [0.29, 0.717) is 11.3 Å². The molecule has 0 bridgehead atoms. The Labute approximate surface area is 182 Å². The van der Waals surface area contributed by atoms with Crippen molar-refractivity contribution >= 4 is 40.8 Å². The van der Waals surface area contributed by atoms with Gasteiger partial charge in [0.05, 0.1) is 6.33 Å². The summed E-state index contributed by atoms with van der Waals surface area (Å²) in [5.41, 5.74) is -1.75. The van der Waals surface area contributed by atoms with E-state index < -0.39 is 42.0 Å². The van der Waals surface area contributed by atoms with Gasteiger partial charge in [-0.3, -0.25) is 24.3 Å². The van der Waals surface area contributed by atoms with Crippen LogP contribution in [0.3, 0.4) is 0 Å². The molecule has 1 aliphatic rings. The van der Waals surface area contributed by atoms with Crippen molar-refractivity contribution in [3.63, 3.8) is 0 Å². The highest BCUT2D eigenvalue weighted by Gasteiger charge is 2.58. The summed E-state index contributed by atoms with van der Waals surface area (Å²) in [7, 11) is 1.61. The molecule has 0 radical (unpaired) electrons. The number of nitrogens with one attached hydrogen (secondary N) is 2. The van der Waals surface area contributed by atoms with Gasteiger partial charge in [-0.25, -0.2) is 9.37 Å². The first-order valence-corrected chi connectivity index (χ1v) is 9.95. The van der Waals surface area contributed by atoms with Gasteiger partial charge in [0.15, 0.2) is 35.0 Å². The van der Waals surface area contributed by atoms with Crippen LogP contribution in [0.25, 0.3) is 11.2 Å². The molecular weight excluding hydrogens is 427 g/mol. The Bertz CT molecular complexity index is 1040. The molecule has 0 unspecified atom stereocenters. The van der Waals surface area contributed by atoms with Crippen molar-refractivity contribution < 1.29 is 33.0 Å². The topological polar surface area (TPSA) is 147 Å². The Kier molecular flexibility index (Phi) is 6.57. The Hall–Kier alpha value is -3.35. The van der Waals surface area contributed by atoms with E-state index in [0.717, 1.165) is 6.92 Å². The monoisotopic (exact) mass is 452 g/mol. The molecular formula is C19H25FN6O6. The number of ether oxygens (including phenoxy) is 3. The van der Waals surface area contributed by atoms with E-state index in [1.165, 1.54) is 24.7 Å². The number of hydrogen-bond acceptors (Lipinski definition) is 10. The van der Waals surface area contributed by atoms with Crippen molar-refractivity contribution in [1.29, 1.82) is 0 Å². The highest BCUT2D eigenvalue weighted by atomic mass is 19.1. The van der Waals surface area contributed by atoms with Gasteiger partial charge in [-0.1, -0.05) is 6.92 Å². The molecule has 2 aromatic rings. The van der Waals surface area contributed by atoms with Crippen molar-refractivity contribution in [3.05, 3.63) is 6.33 Å². The van der Waals surface area contributed by atoms with Gasteiger partial charge in [-0.2, -0.15) is 9.97 Å². The molecule has 174 valence electrons. The Morgan fingerprint density at radius 3 is 2.62 bits per heavy atom. The summed E-state index contributed by atoms with van der Waals surface area (Å²) < 4.78 is 33.5. The second-order valence-corrected chi connectivity index (χ2v) is 7.40.